The Morgan fingerprint density at radius 1 is 1.10 bits per heavy atom. The van der Waals surface area contributed by atoms with Crippen LogP contribution in [-0.2, 0) is 9.53 Å². The van der Waals surface area contributed by atoms with Crippen LogP contribution in [0.2, 0.25) is 0 Å². The molecular weight excluding hydrogens is 254 g/mol. The van der Waals surface area contributed by atoms with Crippen LogP contribution in [0.3, 0.4) is 0 Å². The van der Waals surface area contributed by atoms with Gasteiger partial charge in [0.05, 0.1) is 6.04 Å². The summed E-state index contributed by atoms with van der Waals surface area (Å²) < 4.78 is 4.95. The van der Waals surface area contributed by atoms with Crippen LogP contribution < -0.4 is 10.6 Å². The zero-order chi connectivity index (χ0) is 15.5. The van der Waals surface area contributed by atoms with E-state index in [9.17, 15) is 4.79 Å². The predicted molar refractivity (Wildman–Crippen MR) is 83.9 cm³/mol. The minimum absolute atomic E-state index is 0.0572. The lowest BCUT2D eigenvalue weighted by molar-refractivity contribution is -0.122. The summed E-state index contributed by atoms with van der Waals surface area (Å²) in [7, 11) is 1.67. The molecule has 0 aliphatic carbocycles. The van der Waals surface area contributed by atoms with Gasteiger partial charge in [-0.2, -0.15) is 0 Å². The molecule has 0 rings (SSSR count). The number of methoxy groups -OCH3 is 1. The maximum atomic E-state index is 11.8. The Bertz CT molecular complexity index is 250. The van der Waals surface area contributed by atoms with E-state index in [0.717, 1.165) is 19.5 Å². The molecule has 0 aliphatic rings. The smallest absolute Gasteiger partial charge is 0.236 e. The van der Waals surface area contributed by atoms with Crippen LogP contribution in [0.1, 0.15) is 41.0 Å². The highest BCUT2D eigenvalue weighted by Crippen LogP contribution is 2.03. The van der Waals surface area contributed by atoms with Crippen LogP contribution >= 0.6 is 0 Å². The van der Waals surface area contributed by atoms with Crippen LogP contribution in [-0.4, -0.2) is 62.3 Å². The summed E-state index contributed by atoms with van der Waals surface area (Å²) in [6.07, 6.45) is 0.851. The second-order valence-electron chi connectivity index (χ2n) is 5.74. The van der Waals surface area contributed by atoms with Crippen molar-refractivity contribution >= 4 is 5.91 Å². The molecule has 0 bridgehead atoms. The van der Waals surface area contributed by atoms with E-state index in [-0.39, 0.29) is 11.9 Å². The topological polar surface area (TPSA) is 53.6 Å². The van der Waals surface area contributed by atoms with E-state index in [0.29, 0.717) is 25.2 Å². The number of amides is 1. The van der Waals surface area contributed by atoms with Gasteiger partial charge in [-0.05, 0) is 41.0 Å². The summed E-state index contributed by atoms with van der Waals surface area (Å²) in [5.74, 6) is 0.0572. The normalized spacial score (nSPS) is 13.2. The quantitative estimate of drug-likeness (QED) is 0.561. The second-order valence-corrected chi connectivity index (χ2v) is 5.74. The highest BCUT2D eigenvalue weighted by molar-refractivity contribution is 5.81. The van der Waals surface area contributed by atoms with Crippen molar-refractivity contribution in [3.05, 3.63) is 0 Å². The summed E-state index contributed by atoms with van der Waals surface area (Å²) in [5.41, 5.74) is 0. The fourth-order valence-electron chi connectivity index (χ4n) is 2.20. The molecular formula is C15H33N3O2. The number of hydrogen-bond acceptors (Lipinski definition) is 4. The number of carbonyl (C=O) groups is 1. The maximum Gasteiger partial charge on any atom is 0.236 e. The summed E-state index contributed by atoms with van der Waals surface area (Å²) in [4.78, 5) is 14.2. The molecule has 0 aliphatic heterocycles. The van der Waals surface area contributed by atoms with Crippen molar-refractivity contribution in [3.63, 3.8) is 0 Å². The molecule has 0 aromatic carbocycles. The molecule has 1 unspecified atom stereocenters. The molecule has 0 aromatic heterocycles. The van der Waals surface area contributed by atoms with E-state index < -0.39 is 0 Å². The Kier molecular flexibility index (Phi) is 10.7. The molecule has 5 heteroatoms. The second kappa shape index (κ2) is 11.1. The first-order valence-electron chi connectivity index (χ1n) is 7.65. The van der Waals surface area contributed by atoms with Crippen LogP contribution in [0, 0.1) is 0 Å². The minimum atomic E-state index is -0.154. The van der Waals surface area contributed by atoms with Gasteiger partial charge in [0.1, 0.15) is 0 Å². The summed E-state index contributed by atoms with van der Waals surface area (Å²) in [6, 6.07) is 0.892. The Morgan fingerprint density at radius 3 is 2.20 bits per heavy atom. The molecule has 0 aromatic rings. The van der Waals surface area contributed by atoms with Crippen LogP contribution in [0.5, 0.6) is 0 Å². The molecule has 0 spiro atoms. The summed E-state index contributed by atoms with van der Waals surface area (Å²) >= 11 is 0. The molecule has 120 valence electrons. The van der Waals surface area contributed by atoms with Gasteiger partial charge in [-0.15, -0.1) is 0 Å². The molecule has 1 amide bonds. The summed E-state index contributed by atoms with van der Waals surface area (Å²) in [5, 5.41) is 6.18. The molecule has 0 radical (unpaired) electrons. The number of rotatable bonds is 11. The van der Waals surface area contributed by atoms with Crippen molar-refractivity contribution in [3.8, 4) is 0 Å². The lowest BCUT2D eigenvalue weighted by atomic mass is 10.2. The van der Waals surface area contributed by atoms with Crippen molar-refractivity contribution < 1.29 is 9.53 Å². The largest absolute Gasteiger partial charge is 0.385 e. The zero-order valence-electron chi connectivity index (χ0n) is 14.0. The van der Waals surface area contributed by atoms with E-state index in [1.807, 2.05) is 6.92 Å². The van der Waals surface area contributed by atoms with E-state index in [1.165, 1.54) is 0 Å². The molecule has 2 N–H and O–H groups in total. The van der Waals surface area contributed by atoms with Crippen molar-refractivity contribution in [2.24, 2.45) is 0 Å². The average molecular weight is 287 g/mol. The van der Waals surface area contributed by atoms with Gasteiger partial charge in [0.2, 0.25) is 5.91 Å². The van der Waals surface area contributed by atoms with E-state index in [4.69, 9.17) is 4.74 Å². The fourth-order valence-corrected chi connectivity index (χ4v) is 2.20. The van der Waals surface area contributed by atoms with Crippen LogP contribution in [0.4, 0.5) is 0 Å². The lowest BCUT2D eigenvalue weighted by Crippen LogP contribution is -2.47. The summed E-state index contributed by atoms with van der Waals surface area (Å²) in [6.45, 7) is 13.8. The standard InChI is InChI=1S/C15H33N3O2/c1-12(2)18(13(3)4)10-9-16-14(5)15(19)17-8-7-11-20-6/h12-14,16H,7-11H2,1-6H3,(H,17,19). The third-order valence-electron chi connectivity index (χ3n) is 3.36. The molecule has 5 nitrogen and oxygen atoms in total. The first-order valence-corrected chi connectivity index (χ1v) is 7.65. The minimum Gasteiger partial charge on any atom is -0.385 e. The average Bonchev–Trinajstić information content (AvgIpc) is 2.38. The van der Waals surface area contributed by atoms with Crippen LogP contribution in [0.25, 0.3) is 0 Å². The number of hydrogen-bond donors (Lipinski definition) is 2. The third-order valence-corrected chi connectivity index (χ3v) is 3.36. The van der Waals surface area contributed by atoms with Gasteiger partial charge in [-0.1, -0.05) is 0 Å². The number of ether oxygens (including phenoxy) is 1. The Hall–Kier alpha value is -0.650. The molecule has 20 heavy (non-hydrogen) atoms. The number of carbonyl (C=O) groups excluding carboxylic acids is 1. The molecule has 0 heterocycles. The van der Waals surface area contributed by atoms with Crippen molar-refractivity contribution in [1.82, 2.24) is 15.5 Å². The Labute approximate surface area is 124 Å². The molecule has 1 atom stereocenters. The van der Waals surface area contributed by atoms with Gasteiger partial charge in [-0.3, -0.25) is 9.69 Å². The van der Waals surface area contributed by atoms with Gasteiger partial charge < -0.3 is 15.4 Å². The SMILES string of the molecule is COCCCNC(=O)C(C)NCCN(C(C)C)C(C)C. The molecule has 0 saturated heterocycles. The molecule has 0 fully saturated rings. The number of nitrogens with one attached hydrogen (secondary N) is 2. The Morgan fingerprint density at radius 2 is 1.70 bits per heavy atom. The van der Waals surface area contributed by atoms with Gasteiger partial charge >= 0.3 is 0 Å². The number of nitrogens with zero attached hydrogens (tertiary/aromatic N) is 1. The fraction of sp³-hybridized carbons (Fsp3) is 0.933. The predicted octanol–water partition coefficient (Wildman–Crippen LogP) is 1.24. The highest BCUT2D eigenvalue weighted by Gasteiger charge is 2.15. The third kappa shape index (κ3) is 8.51. The van der Waals surface area contributed by atoms with Gasteiger partial charge in [0, 0.05) is 45.4 Å². The monoisotopic (exact) mass is 287 g/mol. The Balaban J connectivity index is 3.85. The van der Waals surface area contributed by atoms with Crippen LogP contribution in [0.15, 0.2) is 0 Å². The zero-order valence-corrected chi connectivity index (χ0v) is 14.0. The maximum absolute atomic E-state index is 11.8. The van der Waals surface area contributed by atoms with Crippen molar-refractivity contribution in [1.29, 1.82) is 0 Å². The van der Waals surface area contributed by atoms with Crippen molar-refractivity contribution in [2.45, 2.75) is 59.2 Å². The first-order chi connectivity index (χ1) is 9.40. The van der Waals surface area contributed by atoms with E-state index in [1.54, 1.807) is 7.11 Å². The van der Waals surface area contributed by atoms with E-state index in [2.05, 4.69) is 43.2 Å². The van der Waals surface area contributed by atoms with Gasteiger partial charge in [-0.25, -0.2) is 0 Å². The first kappa shape index (κ1) is 19.4. The molecule has 0 saturated carbocycles. The lowest BCUT2D eigenvalue weighted by Gasteiger charge is -2.30. The van der Waals surface area contributed by atoms with Gasteiger partial charge in [0.15, 0.2) is 0 Å². The van der Waals surface area contributed by atoms with E-state index >= 15 is 0 Å². The highest BCUT2D eigenvalue weighted by atomic mass is 16.5. The van der Waals surface area contributed by atoms with Crippen molar-refractivity contribution in [2.75, 3.05) is 33.4 Å². The van der Waals surface area contributed by atoms with Gasteiger partial charge in [0.25, 0.3) is 0 Å².